The molecule has 14 nitrogen and oxygen atoms in total. The number of hydrogen-bond acceptors (Lipinski definition) is 11. The van der Waals surface area contributed by atoms with Crippen LogP contribution in [0.1, 0.15) is 92.5 Å². The number of aliphatic hydroxyl groups excluding tert-OH is 2. The molecule has 2 fully saturated rings. The summed E-state index contributed by atoms with van der Waals surface area (Å²) in [7, 11) is -1.22. The SMILES string of the molecule is CNC(=O)C1CCC(CNc2cc(CO)c3c4c(CO)cc(=O)c5c(O)c(CCC6CCC(C(=O)NCS(=O)(=O)O)CC6)c6c(c7c(c(OC)c(=O)c2c37)CC(C)=C6)c54)CC1. The number of nitrogens with one attached hydrogen (secondary N) is 3. The molecule has 3 aliphatic rings. The standard InChI is InChI=1S/C46H53N3O11S/c1-22-14-30-29(13-8-23-4-9-26(10-5-23)46(56)49-21-61(57,58)59)42(53)39-33(52)17-28(20-51)35-34-27(19-50)16-32(48-18-24-6-11-25(12-7-24)45(55)47-2)38-40(34)37(36(30)41(35)39)31(15-22)44(60-3)43(38)54/h14,16-17,23-26,48,50-51,53H,4-13,15,18-21H2,1-3H3,(H,47,55)(H,49,56)(H,57,58,59). The number of allylic oxidation sites excluding steroid dienone is 1. The zero-order chi connectivity index (χ0) is 43.5. The summed E-state index contributed by atoms with van der Waals surface area (Å²) < 4.78 is 37.4. The van der Waals surface area contributed by atoms with Crippen LogP contribution in [-0.2, 0) is 45.8 Å². The maximum atomic E-state index is 14.9. The van der Waals surface area contributed by atoms with Crippen molar-refractivity contribution < 1.29 is 42.6 Å². The molecule has 7 N–H and O–H groups in total. The van der Waals surface area contributed by atoms with E-state index in [1.807, 2.05) is 13.0 Å². The highest BCUT2D eigenvalue weighted by molar-refractivity contribution is 7.85. The Morgan fingerprint density at radius 1 is 0.803 bits per heavy atom. The van der Waals surface area contributed by atoms with Gasteiger partial charge in [0.2, 0.25) is 17.2 Å². The van der Waals surface area contributed by atoms with E-state index in [1.165, 1.54) is 13.2 Å². The third kappa shape index (κ3) is 7.53. The lowest BCUT2D eigenvalue weighted by Gasteiger charge is -2.29. The molecule has 324 valence electrons. The Hall–Kier alpha value is -5.09. The van der Waals surface area contributed by atoms with Gasteiger partial charge in [0, 0.05) is 53.0 Å². The van der Waals surface area contributed by atoms with Crippen LogP contribution in [-0.4, -0.2) is 66.7 Å². The quantitative estimate of drug-likeness (QED) is 0.0460. The lowest BCUT2D eigenvalue weighted by molar-refractivity contribution is -0.126. The van der Waals surface area contributed by atoms with Crippen molar-refractivity contribution in [2.45, 2.75) is 90.8 Å². The van der Waals surface area contributed by atoms with E-state index in [0.29, 0.717) is 123 Å². The van der Waals surface area contributed by atoms with Gasteiger partial charge in [-0.05, 0) is 140 Å². The van der Waals surface area contributed by atoms with Gasteiger partial charge in [0.25, 0.3) is 10.1 Å². The molecule has 61 heavy (non-hydrogen) atoms. The molecule has 0 unspecified atom stereocenters. The number of phenolic OH excluding ortho intramolecular Hbond substituents is 1. The fourth-order valence-corrected chi connectivity index (χ4v) is 11.1. The summed E-state index contributed by atoms with van der Waals surface area (Å²) in [4.78, 5) is 54.0. The molecular weight excluding hydrogens is 803 g/mol. The molecule has 3 aliphatic carbocycles. The molecule has 0 bridgehead atoms. The summed E-state index contributed by atoms with van der Waals surface area (Å²) in [5, 5.41) is 46.7. The number of anilines is 1. The van der Waals surface area contributed by atoms with Crippen molar-refractivity contribution in [1.29, 1.82) is 0 Å². The first-order valence-electron chi connectivity index (χ1n) is 21.2. The van der Waals surface area contributed by atoms with Crippen LogP contribution in [0.5, 0.6) is 11.5 Å². The first kappa shape index (κ1) is 42.6. The number of amides is 2. The Balaban J connectivity index is 1.29. The number of aromatic hydroxyl groups is 1. The second kappa shape index (κ2) is 16.6. The number of hydrogen-bond donors (Lipinski definition) is 7. The first-order valence-corrected chi connectivity index (χ1v) is 22.8. The van der Waals surface area contributed by atoms with E-state index in [1.54, 1.807) is 13.1 Å². The third-order valence-corrected chi connectivity index (χ3v) is 14.3. The number of phenols is 1. The van der Waals surface area contributed by atoms with Gasteiger partial charge in [0.1, 0.15) is 11.6 Å². The molecule has 15 heteroatoms. The van der Waals surface area contributed by atoms with E-state index in [-0.39, 0.29) is 51.9 Å². The molecule has 0 radical (unpaired) electrons. The van der Waals surface area contributed by atoms with Crippen LogP contribution < -0.4 is 31.5 Å². The van der Waals surface area contributed by atoms with Crippen LogP contribution in [0.15, 0.2) is 27.3 Å². The smallest absolute Gasteiger partial charge is 0.283 e. The number of ether oxygens (including phenoxy) is 1. The average Bonchev–Trinajstić information content (AvgIpc) is 3.40. The van der Waals surface area contributed by atoms with Crippen molar-refractivity contribution in [3.63, 3.8) is 0 Å². The lowest BCUT2D eigenvalue weighted by atomic mass is 9.77. The Kier molecular flexibility index (Phi) is 11.6. The van der Waals surface area contributed by atoms with Gasteiger partial charge in [-0.25, -0.2) is 0 Å². The van der Waals surface area contributed by atoms with E-state index < -0.39 is 40.5 Å². The second-order valence-electron chi connectivity index (χ2n) is 17.4. The second-order valence-corrected chi connectivity index (χ2v) is 18.9. The van der Waals surface area contributed by atoms with Crippen LogP contribution in [0.25, 0.3) is 49.2 Å². The molecule has 0 spiro atoms. The minimum absolute atomic E-state index is 0.0297. The van der Waals surface area contributed by atoms with Crippen molar-refractivity contribution in [3.8, 4) is 11.5 Å². The average molecular weight is 856 g/mol. The van der Waals surface area contributed by atoms with Crippen molar-refractivity contribution in [2.75, 3.05) is 31.9 Å². The topological polar surface area (TPSA) is 229 Å². The molecule has 5 aromatic carbocycles. The van der Waals surface area contributed by atoms with Gasteiger partial charge in [0.15, 0.2) is 11.2 Å². The molecule has 0 aromatic heterocycles. The Morgan fingerprint density at radius 3 is 2.02 bits per heavy atom. The highest BCUT2D eigenvalue weighted by atomic mass is 32.2. The predicted octanol–water partition coefficient (Wildman–Crippen LogP) is 5.22. The number of rotatable bonds is 13. The largest absolute Gasteiger partial charge is 0.507 e. The van der Waals surface area contributed by atoms with E-state index >= 15 is 0 Å². The molecular formula is C46H53N3O11S. The van der Waals surface area contributed by atoms with Gasteiger partial charge in [-0.3, -0.25) is 23.7 Å². The lowest BCUT2D eigenvalue weighted by Crippen LogP contribution is -2.36. The number of aliphatic hydroxyl groups is 2. The van der Waals surface area contributed by atoms with Crippen molar-refractivity contribution in [3.05, 3.63) is 66.0 Å². The van der Waals surface area contributed by atoms with Gasteiger partial charge in [0.05, 0.1) is 31.1 Å². The summed E-state index contributed by atoms with van der Waals surface area (Å²) in [6, 6.07) is 3.11. The van der Waals surface area contributed by atoms with Gasteiger partial charge >= 0.3 is 0 Å². The van der Waals surface area contributed by atoms with E-state index in [2.05, 4.69) is 16.0 Å². The molecule has 0 atom stereocenters. The van der Waals surface area contributed by atoms with E-state index in [9.17, 15) is 42.9 Å². The molecule has 5 aromatic rings. The maximum Gasteiger partial charge on any atom is 0.283 e. The first-order chi connectivity index (χ1) is 29.2. The third-order valence-electron chi connectivity index (χ3n) is 13.8. The summed E-state index contributed by atoms with van der Waals surface area (Å²) in [6.07, 6.45) is 8.97. The number of benzene rings is 5. The van der Waals surface area contributed by atoms with Crippen LogP contribution >= 0.6 is 0 Å². The van der Waals surface area contributed by atoms with Gasteiger partial charge in [-0.15, -0.1) is 0 Å². The summed E-state index contributed by atoms with van der Waals surface area (Å²) >= 11 is 0. The molecule has 0 heterocycles. The van der Waals surface area contributed by atoms with Crippen molar-refractivity contribution in [2.24, 2.45) is 23.7 Å². The molecule has 8 rings (SSSR count). The monoisotopic (exact) mass is 855 g/mol. The van der Waals surface area contributed by atoms with Gasteiger partial charge < -0.3 is 36.0 Å². The number of methoxy groups -OCH3 is 1. The van der Waals surface area contributed by atoms with Crippen LogP contribution in [0.3, 0.4) is 0 Å². The highest BCUT2D eigenvalue weighted by Crippen LogP contribution is 2.52. The van der Waals surface area contributed by atoms with Crippen LogP contribution in [0, 0.1) is 23.7 Å². The minimum Gasteiger partial charge on any atom is -0.507 e. The summed E-state index contributed by atoms with van der Waals surface area (Å²) in [6.45, 7) is 1.57. The van der Waals surface area contributed by atoms with Crippen molar-refractivity contribution >= 4 is 76.8 Å². The maximum absolute atomic E-state index is 14.9. The van der Waals surface area contributed by atoms with E-state index in [0.717, 1.165) is 31.3 Å². The van der Waals surface area contributed by atoms with Gasteiger partial charge in [-0.1, -0.05) is 11.6 Å². The number of fused-ring (bicyclic) bond motifs is 1. The summed E-state index contributed by atoms with van der Waals surface area (Å²) in [5.41, 5.74) is 3.37. The van der Waals surface area contributed by atoms with E-state index in [4.69, 9.17) is 9.29 Å². The summed E-state index contributed by atoms with van der Waals surface area (Å²) in [5.74, 6) is -1.20. The Bertz CT molecular complexity index is 2840. The number of carbonyl (C=O) groups excluding carboxylic acids is 2. The normalized spacial score (nSPS) is 20.7. The fraction of sp³-hybridized carbons (Fsp3) is 0.478. The highest BCUT2D eigenvalue weighted by Gasteiger charge is 2.34. The molecule has 0 saturated heterocycles. The zero-order valence-corrected chi connectivity index (χ0v) is 35.5. The minimum atomic E-state index is -4.34. The Labute approximate surface area is 352 Å². The van der Waals surface area contributed by atoms with Gasteiger partial charge in [-0.2, -0.15) is 8.42 Å². The fourth-order valence-electron chi connectivity index (χ4n) is 10.8. The van der Waals surface area contributed by atoms with Crippen LogP contribution in [0.4, 0.5) is 5.69 Å². The zero-order valence-electron chi connectivity index (χ0n) is 34.7. The molecule has 0 aliphatic heterocycles. The van der Waals surface area contributed by atoms with Crippen LogP contribution in [0.2, 0.25) is 0 Å². The molecule has 2 saturated carbocycles. The number of carbonyl (C=O) groups is 2. The molecule has 2 amide bonds. The Morgan fingerprint density at radius 2 is 1.41 bits per heavy atom. The van der Waals surface area contributed by atoms with Crippen molar-refractivity contribution in [1.82, 2.24) is 10.6 Å². The predicted molar refractivity (Wildman–Crippen MR) is 235 cm³/mol.